The molecule has 0 amide bonds. The number of carbonyl (C=O) groups excluding carboxylic acids is 2. The predicted molar refractivity (Wildman–Crippen MR) is 349 cm³/mol. The topological polar surface area (TPSA) is 442 Å². The van der Waals surface area contributed by atoms with Crippen LogP contribution >= 0.6 is 11.6 Å². The van der Waals surface area contributed by atoms with E-state index in [0.29, 0.717) is 78.5 Å². The van der Waals surface area contributed by atoms with Crippen molar-refractivity contribution in [3.8, 4) is 0 Å². The van der Waals surface area contributed by atoms with Crippen molar-refractivity contribution in [1.82, 2.24) is 55.7 Å². The normalized spacial score (nSPS) is 14.1. The molecule has 3 saturated heterocycles. The number of carbonyl (C=O) groups is 3. The molecule has 0 bridgehead atoms. The SMILES string of the molecule is CCN(CC)CC.Nc1nc2oc3ccc(N4CCOCC4)cc3c(=O)c2cc1C(=O)Cc1nn[nH]n1.Nc1nc2oc3ccc(N4CCOCC4)cc3c(=O)c2cc1C(=O)Cl.Nc1nc2oc3ccc(N4CCOCC4)cc3c(=O)c2cc1C(=O)O.Nc1ncn[nH]1. The van der Waals surface area contributed by atoms with E-state index >= 15 is 0 Å². The molecule has 3 aliphatic rings. The van der Waals surface area contributed by atoms with E-state index in [1.165, 1.54) is 44.2 Å². The maximum Gasteiger partial charge on any atom is 0.339 e. The minimum absolute atomic E-state index is 0.00912. The first-order valence-corrected chi connectivity index (χ1v) is 29.8. The van der Waals surface area contributed by atoms with Gasteiger partial charge in [-0.25, -0.2) is 14.9 Å². The van der Waals surface area contributed by atoms with Gasteiger partial charge < -0.3 is 75.1 Å². The number of rotatable bonds is 11. The van der Waals surface area contributed by atoms with Gasteiger partial charge in [0.05, 0.1) is 89.5 Å². The lowest BCUT2D eigenvalue weighted by molar-refractivity contribution is 0.0697. The number of hydrogen-bond donors (Lipinski definition) is 7. The lowest BCUT2D eigenvalue weighted by atomic mass is 10.1. The van der Waals surface area contributed by atoms with Crippen molar-refractivity contribution in [2.45, 2.75) is 27.2 Å². The third-order valence-electron chi connectivity index (χ3n) is 15.4. The van der Waals surface area contributed by atoms with Crippen molar-refractivity contribution in [3.05, 3.63) is 132 Å². The van der Waals surface area contributed by atoms with Crippen LogP contribution in [0.5, 0.6) is 0 Å². The lowest BCUT2D eigenvalue weighted by Gasteiger charge is -2.28. The molecule has 8 aromatic heterocycles. The van der Waals surface area contributed by atoms with E-state index in [9.17, 15) is 33.9 Å². The van der Waals surface area contributed by atoms with Gasteiger partial charge in [0, 0.05) is 56.3 Å². The molecule has 11 aromatic rings. The molecule has 11 heterocycles. The number of pyridine rings is 3. The van der Waals surface area contributed by atoms with E-state index in [1.54, 1.807) is 36.4 Å². The summed E-state index contributed by atoms with van der Waals surface area (Å²) < 4.78 is 33.2. The number of nitrogens with one attached hydrogen (secondary N) is 2. The average Bonchev–Trinajstić information content (AvgIpc) is 1.04. The number of ketones is 1. The zero-order valence-corrected chi connectivity index (χ0v) is 51.5. The number of anilines is 7. The van der Waals surface area contributed by atoms with Crippen LogP contribution in [0.3, 0.4) is 0 Å². The Balaban J connectivity index is 0.000000139. The third kappa shape index (κ3) is 15.0. The summed E-state index contributed by atoms with van der Waals surface area (Å²) in [5.74, 6) is -1.32. The number of benzene rings is 3. The summed E-state index contributed by atoms with van der Waals surface area (Å²) in [6.45, 7) is 18.5. The van der Waals surface area contributed by atoms with Gasteiger partial charge in [-0.3, -0.25) is 24.0 Å². The number of nitrogens with zero attached hydrogens (tertiary/aromatic N) is 12. The van der Waals surface area contributed by atoms with Gasteiger partial charge in [0.25, 0.3) is 5.24 Å². The van der Waals surface area contributed by atoms with E-state index in [-0.39, 0.29) is 102 Å². The van der Waals surface area contributed by atoms with Gasteiger partial charge in [-0.1, -0.05) is 26.0 Å². The molecule has 0 aliphatic carbocycles. The van der Waals surface area contributed by atoms with Crippen LogP contribution in [0.2, 0.25) is 0 Å². The Morgan fingerprint density at radius 2 is 0.946 bits per heavy atom. The number of hydrogen-bond acceptors (Lipinski definition) is 28. The standard InChI is InChI=1S/C19H17N7O4.C17H14ClN3O4.C17H15N3O5.C6H15N.C2H4N4/c20-18-11(14(27)9-16-22-24-25-23-16)8-13-17(28)12-7-10(26-3-5-29-6-4-26)1-2-15(12)30-19(13)21-18;18-15(23)12-8-11-14(22)10-7-9(21-3-5-24-6-4-21)1-2-13(10)25-17(11)20-16(12)19;18-15-12(17(22)23)8-11-14(21)10-7-9(20-3-5-24-6-4-20)1-2-13(10)25-16(11)19-15;1-4-7(5-2)6-3;3-2-4-1-5-6-2/h1-2,7-8H,3-6,9H2,(H2,20,21)(H,22,23,24,25);1-2,7-8H,3-6H2,(H2,19,20);1-2,7-8H,3-6H2,(H2,18,19)(H,22,23);4-6H2,1-3H3;1H,(H3,3,4,5,6). The van der Waals surface area contributed by atoms with Gasteiger partial charge in [-0.05, 0) is 104 Å². The maximum absolute atomic E-state index is 13.2. The molecule has 14 rings (SSSR count). The van der Waals surface area contributed by atoms with Gasteiger partial charge in [0.2, 0.25) is 39.4 Å². The highest BCUT2D eigenvalue weighted by molar-refractivity contribution is 6.68. The number of tetrazole rings is 1. The monoisotopic (exact) mass is 1290 g/mol. The van der Waals surface area contributed by atoms with Crippen LogP contribution in [-0.2, 0) is 20.6 Å². The fourth-order valence-corrected chi connectivity index (χ4v) is 10.5. The molecular weight excluding hydrogens is 1230 g/mol. The summed E-state index contributed by atoms with van der Waals surface area (Å²) in [5, 5.41) is 29.2. The third-order valence-corrected chi connectivity index (χ3v) is 15.6. The van der Waals surface area contributed by atoms with Gasteiger partial charge in [0.15, 0.2) is 11.6 Å². The van der Waals surface area contributed by atoms with Crippen molar-refractivity contribution < 1.29 is 47.0 Å². The highest BCUT2D eigenvalue weighted by Gasteiger charge is 2.23. The van der Waals surface area contributed by atoms with Crippen molar-refractivity contribution in [1.29, 1.82) is 0 Å². The number of H-pyrrole nitrogens is 2. The maximum atomic E-state index is 13.2. The second-order valence-electron chi connectivity index (χ2n) is 21.0. The quantitative estimate of drug-likeness (QED) is 0.0507. The predicted octanol–water partition coefficient (Wildman–Crippen LogP) is 5.03. The van der Waals surface area contributed by atoms with Crippen molar-refractivity contribution in [2.75, 3.05) is 136 Å². The lowest BCUT2D eigenvalue weighted by Crippen LogP contribution is -2.36. The minimum Gasteiger partial charge on any atom is -0.478 e. The number of carboxylic acid groups (broad SMARTS) is 1. The number of fused-ring (bicyclic) bond motifs is 6. The number of aromatic amines is 2. The molecule has 31 nitrogen and oxygen atoms in total. The molecular formula is C61H65ClN18O13. The van der Waals surface area contributed by atoms with Crippen LogP contribution in [0.4, 0.5) is 40.5 Å². The summed E-state index contributed by atoms with van der Waals surface area (Å²) >= 11 is 5.50. The van der Waals surface area contributed by atoms with Crippen LogP contribution in [-0.4, -0.2) is 176 Å². The molecule has 3 fully saturated rings. The van der Waals surface area contributed by atoms with E-state index in [2.05, 4.69) is 91.1 Å². The number of aromatic nitrogens is 10. The molecule has 3 aliphatic heterocycles. The van der Waals surface area contributed by atoms with Gasteiger partial charge in [0.1, 0.15) is 46.1 Å². The first-order valence-electron chi connectivity index (χ1n) is 29.4. The molecule has 0 atom stereocenters. The van der Waals surface area contributed by atoms with E-state index < -0.39 is 11.2 Å². The molecule has 484 valence electrons. The summed E-state index contributed by atoms with van der Waals surface area (Å²) in [6, 6.07) is 20.2. The van der Waals surface area contributed by atoms with Gasteiger partial charge in [-0.2, -0.15) is 25.3 Å². The Morgan fingerprint density at radius 3 is 1.27 bits per heavy atom. The van der Waals surface area contributed by atoms with Crippen LogP contribution in [0, 0.1) is 0 Å². The Morgan fingerprint density at radius 1 is 0.559 bits per heavy atom. The number of aromatic carboxylic acids is 1. The average molecular weight is 1290 g/mol. The summed E-state index contributed by atoms with van der Waals surface area (Å²) in [6.07, 6.45) is 1.24. The van der Waals surface area contributed by atoms with Crippen LogP contribution in [0.1, 0.15) is 57.7 Å². The highest BCUT2D eigenvalue weighted by Crippen LogP contribution is 2.29. The molecule has 0 unspecified atom stereocenters. The number of nitrogen functional groups attached to an aromatic ring is 4. The number of nitrogens with two attached hydrogens (primary N) is 4. The Hall–Kier alpha value is -10.7. The molecule has 3 aromatic carbocycles. The van der Waals surface area contributed by atoms with Crippen LogP contribution in [0.25, 0.3) is 66.2 Å². The Kier molecular flexibility index (Phi) is 20.7. The number of halogens is 1. The Labute approximate surface area is 531 Å². The van der Waals surface area contributed by atoms with E-state index in [1.807, 2.05) is 18.2 Å². The number of Topliss-reactive ketones (excluding diaryl/α,β-unsaturated/α-hetero) is 1. The highest BCUT2D eigenvalue weighted by atomic mass is 35.5. The smallest absolute Gasteiger partial charge is 0.339 e. The van der Waals surface area contributed by atoms with E-state index in [0.717, 1.165) is 56.3 Å². The van der Waals surface area contributed by atoms with E-state index in [4.69, 9.17) is 62.0 Å². The van der Waals surface area contributed by atoms with Crippen molar-refractivity contribution >= 4 is 135 Å². The van der Waals surface area contributed by atoms with Gasteiger partial charge in [-0.15, -0.1) is 10.2 Å². The Bertz CT molecular complexity index is 4520. The number of carboxylic acids is 1. The van der Waals surface area contributed by atoms with Crippen LogP contribution < -0.4 is 53.9 Å². The van der Waals surface area contributed by atoms with Crippen molar-refractivity contribution in [3.63, 3.8) is 0 Å². The minimum atomic E-state index is -1.24. The fourth-order valence-electron chi connectivity index (χ4n) is 10.3. The summed E-state index contributed by atoms with van der Waals surface area (Å²) in [5.41, 5.74) is 25.4. The second-order valence-corrected chi connectivity index (χ2v) is 21.3. The van der Waals surface area contributed by atoms with Crippen LogP contribution in [0.15, 0.2) is 107 Å². The van der Waals surface area contributed by atoms with Crippen molar-refractivity contribution in [2.24, 2.45) is 0 Å². The molecule has 0 saturated carbocycles. The first-order chi connectivity index (χ1) is 44.9. The fraction of sp³-hybridized carbons (Fsp3) is 0.311. The molecule has 0 spiro atoms. The summed E-state index contributed by atoms with van der Waals surface area (Å²) in [4.78, 5) is 98.6. The number of morpholine rings is 3. The molecule has 0 radical (unpaired) electrons. The first kappa shape index (κ1) is 65.2. The largest absolute Gasteiger partial charge is 0.478 e. The molecule has 93 heavy (non-hydrogen) atoms. The zero-order valence-electron chi connectivity index (χ0n) is 50.7. The number of ether oxygens (including phenoxy) is 3. The summed E-state index contributed by atoms with van der Waals surface area (Å²) in [7, 11) is 0. The molecule has 32 heteroatoms. The van der Waals surface area contributed by atoms with Gasteiger partial charge >= 0.3 is 5.97 Å². The second kappa shape index (κ2) is 29.5. The zero-order chi connectivity index (χ0) is 65.9. The molecule has 11 N–H and O–H groups in total.